The number of carbonyl (C=O) groups excluding carboxylic acids is 1. The average Bonchev–Trinajstić information content (AvgIpc) is 2.83. The fourth-order valence-corrected chi connectivity index (χ4v) is 3.56. The van der Waals surface area contributed by atoms with Crippen LogP contribution in [-0.4, -0.2) is 36.5 Å². The van der Waals surface area contributed by atoms with Gasteiger partial charge < -0.3 is 10.2 Å². The molecule has 2 fully saturated rings. The Kier molecular flexibility index (Phi) is 3.58. The molecule has 1 N–H and O–H groups in total. The van der Waals surface area contributed by atoms with E-state index in [1.807, 2.05) is 4.90 Å². The maximum absolute atomic E-state index is 13.4. The van der Waals surface area contributed by atoms with Gasteiger partial charge in [-0.3, -0.25) is 4.79 Å². The standard InChI is InChI=1S/C14H16BrFN2O/c15-11-5-10(6-12(16)7-11)14(19)18-4-2-13-9(8-18)1-3-17-13/h5-7,9,13,17H,1-4,8H2. The van der Waals surface area contributed by atoms with Gasteiger partial charge in [0.05, 0.1) is 0 Å². The molecule has 2 aliphatic heterocycles. The van der Waals surface area contributed by atoms with E-state index in [1.54, 1.807) is 6.07 Å². The molecule has 2 atom stereocenters. The minimum atomic E-state index is -0.379. The van der Waals surface area contributed by atoms with Crippen LogP contribution in [0.3, 0.4) is 0 Å². The summed E-state index contributed by atoms with van der Waals surface area (Å²) in [5.41, 5.74) is 0.427. The maximum atomic E-state index is 13.4. The summed E-state index contributed by atoms with van der Waals surface area (Å²) in [7, 11) is 0. The van der Waals surface area contributed by atoms with E-state index in [9.17, 15) is 9.18 Å². The Balaban J connectivity index is 1.76. The normalized spacial score (nSPS) is 26.3. The summed E-state index contributed by atoms with van der Waals surface area (Å²) in [6, 6.07) is 4.92. The van der Waals surface area contributed by atoms with Crippen LogP contribution in [0.15, 0.2) is 22.7 Å². The number of amides is 1. The topological polar surface area (TPSA) is 32.3 Å². The van der Waals surface area contributed by atoms with E-state index in [0.717, 1.165) is 32.5 Å². The van der Waals surface area contributed by atoms with Crippen LogP contribution in [0.2, 0.25) is 0 Å². The van der Waals surface area contributed by atoms with Crippen molar-refractivity contribution >= 4 is 21.8 Å². The zero-order chi connectivity index (χ0) is 13.4. The molecule has 0 aliphatic carbocycles. The van der Waals surface area contributed by atoms with Crippen LogP contribution in [0.5, 0.6) is 0 Å². The zero-order valence-electron chi connectivity index (χ0n) is 10.5. The van der Waals surface area contributed by atoms with Gasteiger partial charge in [0.1, 0.15) is 5.82 Å². The number of nitrogens with zero attached hydrogens (tertiary/aromatic N) is 1. The minimum Gasteiger partial charge on any atom is -0.338 e. The molecule has 0 aromatic heterocycles. The molecule has 3 rings (SSSR count). The predicted octanol–water partition coefficient (Wildman–Crippen LogP) is 2.41. The maximum Gasteiger partial charge on any atom is 0.254 e. The Morgan fingerprint density at radius 1 is 1.37 bits per heavy atom. The first-order chi connectivity index (χ1) is 9.13. The van der Waals surface area contributed by atoms with Crippen LogP contribution in [-0.2, 0) is 0 Å². The molecule has 0 bridgehead atoms. The summed E-state index contributed by atoms with van der Waals surface area (Å²) in [5, 5.41) is 3.47. The van der Waals surface area contributed by atoms with Gasteiger partial charge in [-0.15, -0.1) is 0 Å². The highest BCUT2D eigenvalue weighted by Crippen LogP contribution is 2.26. The van der Waals surface area contributed by atoms with Gasteiger partial charge in [0, 0.05) is 29.2 Å². The minimum absolute atomic E-state index is 0.0643. The molecule has 1 amide bonds. The van der Waals surface area contributed by atoms with Crippen LogP contribution in [0, 0.1) is 11.7 Å². The van der Waals surface area contributed by atoms with E-state index < -0.39 is 0 Å². The Bertz CT molecular complexity index is 488. The predicted molar refractivity (Wildman–Crippen MR) is 74.5 cm³/mol. The Morgan fingerprint density at radius 2 is 2.21 bits per heavy atom. The van der Waals surface area contributed by atoms with Crippen molar-refractivity contribution in [2.75, 3.05) is 19.6 Å². The van der Waals surface area contributed by atoms with Crippen molar-refractivity contribution < 1.29 is 9.18 Å². The third kappa shape index (κ3) is 2.67. The van der Waals surface area contributed by atoms with Crippen molar-refractivity contribution in [3.63, 3.8) is 0 Å². The number of likely N-dealkylation sites (tertiary alicyclic amines) is 1. The van der Waals surface area contributed by atoms with Gasteiger partial charge in [-0.25, -0.2) is 4.39 Å². The summed E-state index contributed by atoms with van der Waals surface area (Å²) in [6.45, 7) is 2.58. The van der Waals surface area contributed by atoms with Crippen LogP contribution >= 0.6 is 15.9 Å². The zero-order valence-corrected chi connectivity index (χ0v) is 12.1. The Hall–Kier alpha value is -0.940. The highest BCUT2D eigenvalue weighted by molar-refractivity contribution is 9.10. The summed E-state index contributed by atoms with van der Waals surface area (Å²) >= 11 is 3.23. The van der Waals surface area contributed by atoms with E-state index in [4.69, 9.17) is 0 Å². The SMILES string of the molecule is O=C(c1cc(F)cc(Br)c1)N1CCC2NCCC2C1. The monoisotopic (exact) mass is 326 g/mol. The molecular formula is C14H16BrFN2O. The average molecular weight is 327 g/mol. The summed E-state index contributed by atoms with van der Waals surface area (Å²) in [4.78, 5) is 14.3. The highest BCUT2D eigenvalue weighted by Gasteiger charge is 2.34. The van der Waals surface area contributed by atoms with E-state index in [2.05, 4.69) is 21.2 Å². The number of fused-ring (bicyclic) bond motifs is 1. The number of carbonyl (C=O) groups is 1. The van der Waals surface area contributed by atoms with E-state index >= 15 is 0 Å². The van der Waals surface area contributed by atoms with Crippen LogP contribution < -0.4 is 5.32 Å². The number of piperidine rings is 1. The summed E-state index contributed by atoms with van der Waals surface area (Å²) < 4.78 is 14.0. The second kappa shape index (κ2) is 5.21. The van der Waals surface area contributed by atoms with Gasteiger partial charge in [-0.05, 0) is 43.5 Å². The third-order valence-corrected chi connectivity index (χ3v) is 4.51. The molecule has 5 heteroatoms. The summed E-state index contributed by atoms with van der Waals surface area (Å²) in [6.07, 6.45) is 2.12. The van der Waals surface area contributed by atoms with Crippen molar-refractivity contribution in [2.45, 2.75) is 18.9 Å². The van der Waals surface area contributed by atoms with Crippen molar-refractivity contribution in [1.82, 2.24) is 10.2 Å². The largest absolute Gasteiger partial charge is 0.338 e. The fourth-order valence-electron chi connectivity index (χ4n) is 3.09. The van der Waals surface area contributed by atoms with Gasteiger partial charge >= 0.3 is 0 Å². The van der Waals surface area contributed by atoms with E-state index in [0.29, 0.717) is 22.0 Å². The molecule has 3 nitrogen and oxygen atoms in total. The second-order valence-corrected chi connectivity index (χ2v) is 6.22. The molecule has 2 aliphatic rings. The highest BCUT2D eigenvalue weighted by atomic mass is 79.9. The van der Waals surface area contributed by atoms with Crippen molar-refractivity contribution in [2.24, 2.45) is 5.92 Å². The number of hydrogen-bond acceptors (Lipinski definition) is 2. The molecule has 1 aromatic rings. The Morgan fingerprint density at radius 3 is 3.00 bits per heavy atom. The van der Waals surface area contributed by atoms with Crippen LogP contribution in [0.1, 0.15) is 23.2 Å². The first kappa shape index (κ1) is 13.1. The van der Waals surface area contributed by atoms with Gasteiger partial charge in [0.25, 0.3) is 5.91 Å². The number of hydrogen-bond donors (Lipinski definition) is 1. The molecule has 2 saturated heterocycles. The number of halogens is 2. The quantitative estimate of drug-likeness (QED) is 0.859. The molecule has 19 heavy (non-hydrogen) atoms. The lowest BCUT2D eigenvalue weighted by Gasteiger charge is -2.35. The van der Waals surface area contributed by atoms with Gasteiger partial charge in [0.2, 0.25) is 0 Å². The lowest BCUT2D eigenvalue weighted by Crippen LogP contribution is -2.46. The fraction of sp³-hybridized carbons (Fsp3) is 0.500. The van der Waals surface area contributed by atoms with Crippen LogP contribution in [0.4, 0.5) is 4.39 Å². The number of nitrogens with one attached hydrogen (secondary N) is 1. The van der Waals surface area contributed by atoms with E-state index in [1.165, 1.54) is 12.1 Å². The molecular weight excluding hydrogens is 311 g/mol. The number of rotatable bonds is 1. The molecule has 1 aromatic carbocycles. The van der Waals surface area contributed by atoms with Crippen molar-refractivity contribution in [3.8, 4) is 0 Å². The smallest absolute Gasteiger partial charge is 0.254 e. The molecule has 0 radical (unpaired) electrons. The molecule has 0 spiro atoms. The van der Waals surface area contributed by atoms with Gasteiger partial charge in [-0.2, -0.15) is 0 Å². The van der Waals surface area contributed by atoms with E-state index in [-0.39, 0.29) is 11.7 Å². The number of benzene rings is 1. The lowest BCUT2D eigenvalue weighted by molar-refractivity contribution is 0.0661. The molecule has 2 unspecified atom stereocenters. The van der Waals surface area contributed by atoms with Gasteiger partial charge in [0.15, 0.2) is 0 Å². The first-order valence-corrected chi connectivity index (χ1v) is 7.41. The third-order valence-electron chi connectivity index (χ3n) is 4.05. The molecule has 2 heterocycles. The van der Waals surface area contributed by atoms with Crippen LogP contribution in [0.25, 0.3) is 0 Å². The molecule has 0 saturated carbocycles. The second-order valence-electron chi connectivity index (χ2n) is 5.31. The van der Waals surface area contributed by atoms with Crippen molar-refractivity contribution in [3.05, 3.63) is 34.1 Å². The first-order valence-electron chi connectivity index (χ1n) is 6.62. The Labute approximate surface area is 120 Å². The van der Waals surface area contributed by atoms with Crippen molar-refractivity contribution in [1.29, 1.82) is 0 Å². The van der Waals surface area contributed by atoms with Gasteiger partial charge in [-0.1, -0.05) is 15.9 Å². The lowest BCUT2D eigenvalue weighted by atomic mass is 9.93. The summed E-state index contributed by atoms with van der Waals surface area (Å²) in [5.74, 6) is 0.107. The molecule has 102 valence electrons.